The summed E-state index contributed by atoms with van der Waals surface area (Å²) in [5.41, 5.74) is 1.69. The second kappa shape index (κ2) is 11.3. The lowest BCUT2D eigenvalue weighted by Crippen LogP contribution is -2.25. The molecule has 1 aromatic carbocycles. The number of nitrogens with zero attached hydrogens (tertiary/aromatic N) is 4. The van der Waals surface area contributed by atoms with Gasteiger partial charge in [-0.25, -0.2) is 15.0 Å². The van der Waals surface area contributed by atoms with E-state index in [4.69, 9.17) is 24.4 Å². The van der Waals surface area contributed by atoms with E-state index >= 15 is 0 Å². The predicted octanol–water partition coefficient (Wildman–Crippen LogP) is 4.46. The molecule has 36 heavy (non-hydrogen) atoms. The first kappa shape index (κ1) is 25.2. The van der Waals surface area contributed by atoms with Crippen molar-refractivity contribution in [3.8, 4) is 22.9 Å². The largest absolute Gasteiger partial charge is 0.493 e. The number of aryl methyl sites for hydroxylation is 1. The van der Waals surface area contributed by atoms with Gasteiger partial charge in [0, 0.05) is 24.5 Å². The number of hydrogen-bond acceptors (Lipinski definition) is 10. The molecule has 4 rings (SSSR count). The molecule has 3 N–H and O–H groups in total. The number of rotatable bonds is 9. The van der Waals surface area contributed by atoms with Crippen LogP contribution in [0.25, 0.3) is 5.69 Å². The molecule has 0 saturated carbocycles. The lowest BCUT2D eigenvalue weighted by atomic mass is 10.1. The van der Waals surface area contributed by atoms with Crippen LogP contribution >= 0.6 is 0 Å². The van der Waals surface area contributed by atoms with Crippen molar-refractivity contribution in [3.63, 3.8) is 0 Å². The molecule has 1 saturated heterocycles. The minimum absolute atomic E-state index is 0.146. The van der Waals surface area contributed by atoms with Crippen molar-refractivity contribution in [3.05, 3.63) is 36.0 Å². The fraction of sp³-hybridized carbons (Fsp3) is 0.440. The van der Waals surface area contributed by atoms with Crippen LogP contribution in [0.5, 0.6) is 17.2 Å². The quantitative estimate of drug-likeness (QED) is 0.369. The van der Waals surface area contributed by atoms with Gasteiger partial charge >= 0.3 is 0 Å². The van der Waals surface area contributed by atoms with Gasteiger partial charge in [-0.1, -0.05) is 6.42 Å². The molecule has 11 heteroatoms. The molecule has 0 spiro atoms. The molecule has 1 aliphatic heterocycles. The molecule has 3 aromatic rings. The first-order chi connectivity index (χ1) is 17.4. The topological polar surface area (TPSA) is 128 Å². The van der Waals surface area contributed by atoms with Gasteiger partial charge in [0.1, 0.15) is 35.8 Å². The first-order valence-electron chi connectivity index (χ1n) is 11.9. The maximum absolute atomic E-state index is 8.42. The monoisotopic (exact) mass is 495 g/mol. The molecule has 1 aliphatic rings. The zero-order valence-electron chi connectivity index (χ0n) is 21.3. The molecule has 0 radical (unpaired) electrons. The summed E-state index contributed by atoms with van der Waals surface area (Å²) in [5.74, 6) is 3.81. The van der Waals surface area contributed by atoms with Crippen LogP contribution < -0.4 is 24.8 Å². The van der Waals surface area contributed by atoms with Crippen LogP contribution in [0.3, 0.4) is 0 Å². The predicted molar refractivity (Wildman–Crippen MR) is 138 cm³/mol. The molecule has 1 atom stereocenters. The number of aromatic nitrogens is 4. The highest BCUT2D eigenvalue weighted by Crippen LogP contribution is 2.39. The van der Waals surface area contributed by atoms with Crippen molar-refractivity contribution < 1.29 is 18.9 Å². The fourth-order valence-corrected chi connectivity index (χ4v) is 4.17. The maximum Gasteiger partial charge on any atom is 0.203 e. The van der Waals surface area contributed by atoms with Crippen LogP contribution in [0.15, 0.2) is 24.7 Å². The summed E-state index contributed by atoms with van der Waals surface area (Å²) in [6.45, 7) is 4.25. The van der Waals surface area contributed by atoms with Crippen molar-refractivity contribution in [1.82, 2.24) is 19.5 Å². The molecule has 0 aliphatic carbocycles. The smallest absolute Gasteiger partial charge is 0.203 e. The summed E-state index contributed by atoms with van der Waals surface area (Å²) in [7, 11) is 4.72. The fourth-order valence-electron chi connectivity index (χ4n) is 4.17. The molecule has 192 valence electrons. The van der Waals surface area contributed by atoms with E-state index in [2.05, 4.69) is 25.6 Å². The third-order valence-corrected chi connectivity index (χ3v) is 5.90. The number of hydrogen-bond donors (Lipinski definition) is 3. The third kappa shape index (κ3) is 5.51. The van der Waals surface area contributed by atoms with E-state index in [0.29, 0.717) is 58.4 Å². The number of anilines is 3. The number of imidazole rings is 1. The van der Waals surface area contributed by atoms with Crippen LogP contribution in [-0.4, -0.2) is 59.4 Å². The van der Waals surface area contributed by atoms with E-state index in [9.17, 15) is 0 Å². The van der Waals surface area contributed by atoms with Gasteiger partial charge in [0.25, 0.3) is 0 Å². The Balaban J connectivity index is 1.64. The Bertz CT molecular complexity index is 1190. The summed E-state index contributed by atoms with van der Waals surface area (Å²) in [4.78, 5) is 13.6. The normalized spacial score (nSPS) is 15.6. The van der Waals surface area contributed by atoms with Gasteiger partial charge in [-0.3, -0.25) is 0 Å². The van der Waals surface area contributed by atoms with E-state index in [1.54, 1.807) is 34.6 Å². The number of benzene rings is 1. The third-order valence-electron chi connectivity index (χ3n) is 5.90. The van der Waals surface area contributed by atoms with E-state index in [0.717, 1.165) is 31.4 Å². The highest BCUT2D eigenvalue weighted by Gasteiger charge is 2.21. The Morgan fingerprint density at radius 1 is 1.06 bits per heavy atom. The van der Waals surface area contributed by atoms with Gasteiger partial charge < -0.3 is 39.6 Å². The van der Waals surface area contributed by atoms with Gasteiger partial charge in [0.2, 0.25) is 5.75 Å². The second-order valence-electron chi connectivity index (χ2n) is 8.50. The molecule has 3 heterocycles. The summed E-state index contributed by atoms with van der Waals surface area (Å²) >= 11 is 0. The second-order valence-corrected chi connectivity index (χ2v) is 8.50. The number of methoxy groups -OCH3 is 3. The summed E-state index contributed by atoms with van der Waals surface area (Å²) in [5, 5.41) is 15.1. The Kier molecular flexibility index (Phi) is 7.89. The zero-order valence-corrected chi connectivity index (χ0v) is 21.3. The lowest BCUT2D eigenvalue weighted by Gasteiger charge is -2.21. The van der Waals surface area contributed by atoms with Gasteiger partial charge in [-0.2, -0.15) is 0 Å². The molecular formula is C25H33N7O4. The Hall–Kier alpha value is -3.86. The van der Waals surface area contributed by atoms with E-state index in [1.807, 2.05) is 29.8 Å². The van der Waals surface area contributed by atoms with Crippen molar-refractivity contribution in [2.45, 2.75) is 45.8 Å². The molecule has 2 aromatic heterocycles. The van der Waals surface area contributed by atoms with Crippen LogP contribution in [-0.2, 0) is 4.74 Å². The van der Waals surface area contributed by atoms with Crippen LogP contribution in [0.1, 0.15) is 44.0 Å². The van der Waals surface area contributed by atoms with Crippen molar-refractivity contribution in [2.75, 3.05) is 38.6 Å². The molecule has 0 amide bonds. The van der Waals surface area contributed by atoms with Crippen LogP contribution in [0, 0.1) is 12.3 Å². The molecule has 1 unspecified atom stereocenters. The van der Waals surface area contributed by atoms with Gasteiger partial charge in [0.05, 0.1) is 38.8 Å². The average molecular weight is 496 g/mol. The lowest BCUT2D eigenvalue weighted by molar-refractivity contribution is 0.0781. The SMILES string of the molecule is COc1cc(-n2cnc(Nc3nc(C)nc(NC4CCCCCO4)c3C(C)=N)c2)cc(OC)c1OC. The Labute approximate surface area is 210 Å². The summed E-state index contributed by atoms with van der Waals surface area (Å²) < 4.78 is 24.1. The van der Waals surface area contributed by atoms with Gasteiger partial charge in [-0.05, 0) is 33.1 Å². The highest BCUT2D eigenvalue weighted by molar-refractivity contribution is 6.05. The van der Waals surface area contributed by atoms with E-state index < -0.39 is 0 Å². The van der Waals surface area contributed by atoms with Gasteiger partial charge in [-0.15, -0.1) is 0 Å². The van der Waals surface area contributed by atoms with Crippen LogP contribution in [0.4, 0.5) is 17.5 Å². The standard InChI is InChI=1S/C25H33N7O4/c1-15(26)22-24(28-16(2)29-25(22)31-21-9-7-6-8-10-36-21)30-20-13-32(14-27-20)17-11-18(33-3)23(35-5)19(12-17)34-4/h11-14,21,26H,6-10H2,1-5H3,(H2,28,29,30,31). The number of ether oxygens (including phenoxy) is 4. The van der Waals surface area contributed by atoms with Gasteiger partial charge in [0.15, 0.2) is 11.5 Å². The van der Waals surface area contributed by atoms with Crippen LogP contribution in [0.2, 0.25) is 0 Å². The van der Waals surface area contributed by atoms with Crippen molar-refractivity contribution >= 4 is 23.2 Å². The first-order valence-corrected chi connectivity index (χ1v) is 11.9. The molecular weight excluding hydrogens is 462 g/mol. The number of nitrogens with one attached hydrogen (secondary N) is 3. The Morgan fingerprint density at radius 3 is 2.44 bits per heavy atom. The summed E-state index contributed by atoms with van der Waals surface area (Å²) in [6, 6.07) is 3.67. The Morgan fingerprint density at radius 2 is 1.78 bits per heavy atom. The highest BCUT2D eigenvalue weighted by atomic mass is 16.5. The molecule has 1 fully saturated rings. The van der Waals surface area contributed by atoms with E-state index in [-0.39, 0.29) is 6.23 Å². The van der Waals surface area contributed by atoms with E-state index in [1.165, 1.54) is 0 Å². The molecule has 11 nitrogen and oxygen atoms in total. The molecule has 0 bridgehead atoms. The average Bonchev–Trinajstić information content (AvgIpc) is 3.17. The van der Waals surface area contributed by atoms with Crippen molar-refractivity contribution in [2.24, 2.45) is 0 Å². The van der Waals surface area contributed by atoms with Crippen molar-refractivity contribution in [1.29, 1.82) is 5.41 Å². The summed E-state index contributed by atoms with van der Waals surface area (Å²) in [6.07, 6.45) is 7.53. The minimum Gasteiger partial charge on any atom is -0.493 e. The zero-order chi connectivity index (χ0) is 25.7. The maximum atomic E-state index is 8.42. The minimum atomic E-state index is -0.146.